The zero-order valence-corrected chi connectivity index (χ0v) is 17.9. The van der Waals surface area contributed by atoms with Gasteiger partial charge in [0.2, 0.25) is 8.32 Å². The third-order valence-electron chi connectivity index (χ3n) is 5.20. The van der Waals surface area contributed by atoms with E-state index in [1.807, 2.05) is 19.9 Å². The first-order valence-corrected chi connectivity index (χ1v) is 11.0. The Hall–Kier alpha value is 0.234. The van der Waals surface area contributed by atoms with E-state index in [2.05, 4.69) is 47.8 Å². The fourth-order valence-corrected chi connectivity index (χ4v) is 9.72. The molecule has 0 unspecified atom stereocenters. The number of hydrogen-bond acceptors (Lipinski definition) is 4. The molecule has 2 rings (SSSR count). The van der Waals surface area contributed by atoms with Gasteiger partial charge in [-0.15, -0.1) is 0 Å². The van der Waals surface area contributed by atoms with Gasteiger partial charge in [-0.2, -0.15) is 0 Å². The quantitative estimate of drug-likeness (QED) is 0.556. The molecule has 2 aliphatic heterocycles. The van der Waals surface area contributed by atoms with Gasteiger partial charge in [-0.3, -0.25) is 0 Å². The zero-order chi connectivity index (χ0) is 17.4. The molecule has 1 saturated heterocycles. The van der Waals surface area contributed by atoms with E-state index in [0.29, 0.717) is 23.2 Å². The predicted octanol–water partition coefficient (Wildman–Crippen LogP) is 1.42. The second-order valence-corrected chi connectivity index (χ2v) is 13.5. The van der Waals surface area contributed by atoms with Crippen molar-refractivity contribution in [1.82, 2.24) is 0 Å². The molecule has 2 heterocycles. The minimum atomic E-state index is -1.99. The standard InChI is InChI=1S/C18H33O4Si.Li/c1-12(2)23(13(3)4,14(5)6)22-15-9-10-19-16-11-20-18(7,8)21-17(15)16;/h9,12-17H,11H2,1-8H3;/q-1;+1/t15-,16+,17-;/m0./s1. The van der Waals surface area contributed by atoms with Gasteiger partial charge in [0, 0.05) is 0 Å². The van der Waals surface area contributed by atoms with Crippen LogP contribution in [-0.4, -0.2) is 39.0 Å². The molecule has 4 nitrogen and oxygen atoms in total. The first-order valence-electron chi connectivity index (χ1n) is 8.84. The molecule has 0 bridgehead atoms. The molecular weight excluding hydrogens is 315 g/mol. The summed E-state index contributed by atoms with van der Waals surface area (Å²) < 4.78 is 24.3. The van der Waals surface area contributed by atoms with Crippen LogP contribution in [0.4, 0.5) is 0 Å². The summed E-state index contributed by atoms with van der Waals surface area (Å²) in [5, 5.41) is 0. The summed E-state index contributed by atoms with van der Waals surface area (Å²) in [6, 6.07) is 0. The maximum atomic E-state index is 6.89. The molecule has 0 N–H and O–H groups in total. The Morgan fingerprint density at radius 2 is 1.62 bits per heavy atom. The smallest absolute Gasteiger partial charge is 0.688 e. The van der Waals surface area contributed by atoms with Crippen LogP contribution < -0.4 is 18.9 Å². The van der Waals surface area contributed by atoms with E-state index in [0.717, 1.165) is 0 Å². The second-order valence-electron chi connectivity index (χ2n) is 8.13. The van der Waals surface area contributed by atoms with Crippen LogP contribution in [-0.2, 0) is 18.6 Å². The van der Waals surface area contributed by atoms with Crippen LogP contribution in [0.2, 0.25) is 16.6 Å². The molecule has 0 saturated carbocycles. The van der Waals surface area contributed by atoms with Gasteiger partial charge in [0.25, 0.3) is 0 Å². The first kappa shape index (κ1) is 22.3. The molecule has 134 valence electrons. The van der Waals surface area contributed by atoms with Crippen molar-refractivity contribution in [3.63, 3.8) is 0 Å². The van der Waals surface area contributed by atoms with Crippen molar-refractivity contribution in [2.75, 3.05) is 6.61 Å². The minimum absolute atomic E-state index is 0. The number of ether oxygens (including phenoxy) is 3. The van der Waals surface area contributed by atoms with Crippen LogP contribution in [0.5, 0.6) is 0 Å². The summed E-state index contributed by atoms with van der Waals surface area (Å²) >= 11 is 0. The van der Waals surface area contributed by atoms with Crippen LogP contribution in [0.25, 0.3) is 0 Å². The van der Waals surface area contributed by atoms with Crippen molar-refractivity contribution in [1.29, 1.82) is 0 Å². The van der Waals surface area contributed by atoms with Gasteiger partial charge < -0.3 is 24.9 Å². The molecule has 1 fully saturated rings. The first-order chi connectivity index (χ1) is 10.6. The van der Waals surface area contributed by atoms with Gasteiger partial charge in [-0.05, 0) is 30.5 Å². The Morgan fingerprint density at radius 3 is 2.12 bits per heavy atom. The Labute approximate surface area is 160 Å². The molecule has 0 aliphatic carbocycles. The van der Waals surface area contributed by atoms with Crippen molar-refractivity contribution in [2.45, 2.75) is 96.1 Å². The summed E-state index contributed by atoms with van der Waals surface area (Å²) in [7, 11) is -1.99. The van der Waals surface area contributed by atoms with E-state index in [9.17, 15) is 0 Å². The van der Waals surface area contributed by atoms with E-state index >= 15 is 0 Å². The van der Waals surface area contributed by atoms with Crippen molar-refractivity contribution in [2.24, 2.45) is 0 Å². The third kappa shape index (κ3) is 4.31. The second kappa shape index (κ2) is 8.28. The molecule has 0 spiro atoms. The number of fused-ring (bicyclic) bond motifs is 1. The summed E-state index contributed by atoms with van der Waals surface area (Å²) in [6.07, 6.45) is 4.42. The van der Waals surface area contributed by atoms with Crippen molar-refractivity contribution < 1.29 is 37.5 Å². The molecular formula is C18H33LiO4Si. The molecule has 0 aromatic carbocycles. The van der Waals surface area contributed by atoms with Gasteiger partial charge in [-0.25, -0.2) is 6.08 Å². The average molecular weight is 348 g/mol. The van der Waals surface area contributed by atoms with Crippen molar-refractivity contribution >= 4 is 8.32 Å². The Morgan fingerprint density at radius 1 is 1.08 bits per heavy atom. The summed E-state index contributed by atoms with van der Waals surface area (Å²) in [4.78, 5) is 0. The van der Waals surface area contributed by atoms with E-state index < -0.39 is 14.1 Å². The third-order valence-corrected chi connectivity index (χ3v) is 11.3. The van der Waals surface area contributed by atoms with E-state index in [4.69, 9.17) is 18.6 Å². The molecule has 0 aromatic rings. The maximum absolute atomic E-state index is 6.89. The van der Waals surface area contributed by atoms with E-state index in [1.54, 1.807) is 0 Å². The Bertz CT molecular complexity index is 415. The van der Waals surface area contributed by atoms with Crippen molar-refractivity contribution in [3.05, 3.63) is 12.3 Å². The molecule has 3 atom stereocenters. The summed E-state index contributed by atoms with van der Waals surface area (Å²) in [5.74, 6) is -0.602. The molecule has 0 amide bonds. The van der Waals surface area contributed by atoms with E-state index in [-0.39, 0.29) is 37.2 Å². The van der Waals surface area contributed by atoms with Gasteiger partial charge in [-0.1, -0.05) is 41.5 Å². The minimum Gasteiger partial charge on any atom is -0.688 e. The van der Waals surface area contributed by atoms with Crippen molar-refractivity contribution in [3.8, 4) is 0 Å². The monoisotopic (exact) mass is 348 g/mol. The summed E-state index contributed by atoms with van der Waals surface area (Å²) in [5.41, 5.74) is 1.60. The van der Waals surface area contributed by atoms with Crippen LogP contribution in [0.3, 0.4) is 0 Å². The largest absolute Gasteiger partial charge is 1.00 e. The zero-order valence-electron chi connectivity index (χ0n) is 16.9. The van der Waals surface area contributed by atoms with Gasteiger partial charge in [0.05, 0.1) is 12.7 Å². The van der Waals surface area contributed by atoms with Crippen LogP contribution in [0.1, 0.15) is 55.4 Å². The molecule has 0 radical (unpaired) electrons. The average Bonchev–Trinajstić information content (AvgIpc) is 2.42. The fourth-order valence-electron chi connectivity index (χ4n) is 4.23. The molecule has 6 heteroatoms. The normalized spacial score (nSPS) is 29.4. The number of rotatable bonds is 5. The van der Waals surface area contributed by atoms with E-state index in [1.165, 1.54) is 0 Å². The predicted molar refractivity (Wildman–Crippen MR) is 93.5 cm³/mol. The van der Waals surface area contributed by atoms with Gasteiger partial charge in [0.1, 0.15) is 12.2 Å². The molecule has 0 aromatic heterocycles. The maximum Gasteiger partial charge on any atom is 1.00 e. The van der Waals surface area contributed by atoms with Crippen LogP contribution in [0.15, 0.2) is 6.08 Å². The van der Waals surface area contributed by atoms with Crippen LogP contribution >= 0.6 is 0 Å². The molecule has 24 heavy (non-hydrogen) atoms. The SMILES string of the molecule is CC(C)[Si](O[C@H]1C=[C-]O[C@@H]2COC(C)(C)O[C@@H]12)(C(C)C)C(C)C.[Li+]. The Balaban J connectivity index is 0.00000288. The number of hydrogen-bond donors (Lipinski definition) is 0. The van der Waals surface area contributed by atoms with Gasteiger partial charge in [0.15, 0.2) is 5.79 Å². The van der Waals surface area contributed by atoms with Gasteiger partial charge >= 0.3 is 18.9 Å². The van der Waals surface area contributed by atoms with Crippen LogP contribution in [0, 0.1) is 6.26 Å². The fraction of sp³-hybridized carbons (Fsp3) is 0.889. The summed E-state index contributed by atoms with van der Waals surface area (Å²) in [6.45, 7) is 18.2. The molecule has 2 aliphatic rings. The topological polar surface area (TPSA) is 36.9 Å². The Kier molecular flexibility index (Phi) is 7.69.